The zero-order chi connectivity index (χ0) is 22.8. The summed E-state index contributed by atoms with van der Waals surface area (Å²) in [6.45, 7) is 2.15. The van der Waals surface area contributed by atoms with Gasteiger partial charge in [-0.25, -0.2) is 0 Å². The highest BCUT2D eigenvalue weighted by atomic mass is 35.5. The molecule has 1 aliphatic heterocycles. The fourth-order valence-electron chi connectivity index (χ4n) is 3.67. The van der Waals surface area contributed by atoms with Crippen LogP contribution < -0.4 is 9.64 Å². The first kappa shape index (κ1) is 21.4. The molecule has 3 aromatic rings. The second kappa shape index (κ2) is 8.72. The summed E-state index contributed by atoms with van der Waals surface area (Å²) in [7, 11) is 0. The third-order valence-electron chi connectivity index (χ3n) is 5.09. The number of Topliss-reactive ketones (excluding diaryl/α,β-unsaturated/α-hetero) is 1. The molecule has 1 aliphatic rings. The largest absolute Gasteiger partial charge is 0.507 e. The number of amides is 1. The number of halogens is 1. The Bertz CT molecular complexity index is 1230. The van der Waals surface area contributed by atoms with Crippen molar-refractivity contribution in [3.8, 4) is 11.5 Å². The van der Waals surface area contributed by atoms with E-state index in [2.05, 4.69) is 4.98 Å². The normalized spacial score (nSPS) is 17.6. The molecule has 1 amide bonds. The lowest BCUT2D eigenvalue weighted by Gasteiger charge is -2.25. The molecule has 1 atom stereocenters. The maximum absolute atomic E-state index is 13.1. The number of nitrogens with zero attached hydrogens (tertiary/aromatic N) is 2. The molecule has 4 rings (SSSR count). The Morgan fingerprint density at radius 1 is 1.16 bits per heavy atom. The first-order valence-electron chi connectivity index (χ1n) is 9.85. The number of carbonyl (C=O) groups is 2. The van der Waals surface area contributed by atoms with Crippen LogP contribution in [0.2, 0.25) is 5.02 Å². The zero-order valence-electron chi connectivity index (χ0n) is 17.0. The molecule has 0 spiro atoms. The van der Waals surface area contributed by atoms with Gasteiger partial charge in [-0.3, -0.25) is 19.5 Å². The molecule has 0 aliphatic carbocycles. The third kappa shape index (κ3) is 3.67. The average molecular weight is 451 g/mol. The number of phenolic OH excluding ortho intramolecular Hbond substituents is 1. The van der Waals surface area contributed by atoms with E-state index in [1.165, 1.54) is 35.4 Å². The number of aromatic hydroxyl groups is 1. The highest BCUT2D eigenvalue weighted by molar-refractivity contribution is 6.52. The number of anilines is 1. The SMILES string of the molecule is CCOc1cc(/C(O)=C2/C(=O)C(=O)N(c3ccccc3O)C2c2cccnc2)ccc1Cl. The Balaban J connectivity index is 1.94. The molecule has 32 heavy (non-hydrogen) atoms. The molecule has 0 bridgehead atoms. The van der Waals surface area contributed by atoms with Gasteiger partial charge >= 0.3 is 0 Å². The molecule has 2 heterocycles. The highest BCUT2D eigenvalue weighted by Crippen LogP contribution is 2.44. The van der Waals surface area contributed by atoms with Crippen LogP contribution in [0.5, 0.6) is 11.5 Å². The molecule has 162 valence electrons. The van der Waals surface area contributed by atoms with Crippen LogP contribution in [0.3, 0.4) is 0 Å². The predicted molar refractivity (Wildman–Crippen MR) is 120 cm³/mol. The Labute approximate surface area is 189 Å². The fourth-order valence-corrected chi connectivity index (χ4v) is 3.85. The first-order valence-corrected chi connectivity index (χ1v) is 10.2. The van der Waals surface area contributed by atoms with E-state index in [9.17, 15) is 19.8 Å². The summed E-state index contributed by atoms with van der Waals surface area (Å²) in [5.41, 5.74) is 0.780. The van der Waals surface area contributed by atoms with Gasteiger partial charge in [0.25, 0.3) is 11.7 Å². The van der Waals surface area contributed by atoms with E-state index in [0.717, 1.165) is 0 Å². The van der Waals surface area contributed by atoms with E-state index in [1.807, 2.05) is 0 Å². The molecule has 2 N–H and O–H groups in total. The van der Waals surface area contributed by atoms with Crippen LogP contribution in [-0.4, -0.2) is 33.5 Å². The van der Waals surface area contributed by atoms with E-state index >= 15 is 0 Å². The summed E-state index contributed by atoms with van der Waals surface area (Å²) < 4.78 is 5.48. The Hall–Kier alpha value is -3.84. The summed E-state index contributed by atoms with van der Waals surface area (Å²) in [5, 5.41) is 21.9. The number of aromatic nitrogens is 1. The number of rotatable bonds is 5. The highest BCUT2D eigenvalue weighted by Gasteiger charge is 2.47. The molecule has 7 nitrogen and oxygen atoms in total. The van der Waals surface area contributed by atoms with Gasteiger partial charge in [0.2, 0.25) is 0 Å². The summed E-state index contributed by atoms with van der Waals surface area (Å²) in [5.74, 6) is -1.97. The number of pyridine rings is 1. The number of ketones is 1. The van der Waals surface area contributed by atoms with Gasteiger partial charge in [0.05, 0.1) is 28.9 Å². The molecule has 8 heteroatoms. The van der Waals surface area contributed by atoms with Crippen molar-refractivity contribution >= 4 is 34.7 Å². The molecular formula is C24H19ClN2O5. The Morgan fingerprint density at radius 2 is 1.94 bits per heavy atom. The van der Waals surface area contributed by atoms with Gasteiger partial charge in [-0.05, 0) is 48.9 Å². The van der Waals surface area contributed by atoms with Gasteiger partial charge in [0.15, 0.2) is 0 Å². The number of phenols is 1. The van der Waals surface area contributed by atoms with E-state index < -0.39 is 17.7 Å². The predicted octanol–water partition coefficient (Wildman–Crippen LogP) is 4.47. The monoisotopic (exact) mass is 450 g/mol. The van der Waals surface area contributed by atoms with Crippen molar-refractivity contribution in [1.29, 1.82) is 0 Å². The fraction of sp³-hybridized carbons (Fsp3) is 0.125. The molecular weight excluding hydrogens is 432 g/mol. The maximum atomic E-state index is 13.1. The van der Waals surface area contributed by atoms with Gasteiger partial charge in [0.1, 0.15) is 17.3 Å². The third-order valence-corrected chi connectivity index (χ3v) is 5.40. The first-order chi connectivity index (χ1) is 15.4. The van der Waals surface area contributed by atoms with Crippen molar-refractivity contribution in [3.63, 3.8) is 0 Å². The van der Waals surface area contributed by atoms with Crippen LogP contribution in [-0.2, 0) is 9.59 Å². The van der Waals surface area contributed by atoms with Gasteiger partial charge in [-0.1, -0.05) is 29.8 Å². The van der Waals surface area contributed by atoms with Crippen molar-refractivity contribution in [2.24, 2.45) is 0 Å². The molecule has 2 aromatic carbocycles. The van der Waals surface area contributed by atoms with Gasteiger partial charge < -0.3 is 14.9 Å². The summed E-state index contributed by atoms with van der Waals surface area (Å²) >= 11 is 6.15. The van der Waals surface area contributed by atoms with E-state index in [0.29, 0.717) is 22.9 Å². The molecule has 1 fully saturated rings. The zero-order valence-corrected chi connectivity index (χ0v) is 17.8. The van der Waals surface area contributed by atoms with Crippen LogP contribution in [0.15, 0.2) is 72.6 Å². The number of hydrogen-bond donors (Lipinski definition) is 2. The second-order valence-corrected chi connectivity index (χ2v) is 7.43. The van der Waals surface area contributed by atoms with Crippen molar-refractivity contribution in [2.75, 3.05) is 11.5 Å². The smallest absolute Gasteiger partial charge is 0.300 e. The number of benzene rings is 2. The molecule has 1 saturated heterocycles. The van der Waals surface area contributed by atoms with Crippen LogP contribution in [0.25, 0.3) is 5.76 Å². The minimum absolute atomic E-state index is 0.129. The van der Waals surface area contributed by atoms with E-state index in [4.69, 9.17) is 16.3 Å². The summed E-state index contributed by atoms with van der Waals surface area (Å²) in [4.78, 5) is 31.4. The number of aliphatic hydroxyl groups excluding tert-OH is 1. The minimum Gasteiger partial charge on any atom is -0.507 e. The van der Waals surface area contributed by atoms with Crippen LogP contribution in [0, 0.1) is 0 Å². The minimum atomic E-state index is -0.997. The van der Waals surface area contributed by atoms with Crippen molar-refractivity contribution in [2.45, 2.75) is 13.0 Å². The van der Waals surface area contributed by atoms with Crippen molar-refractivity contribution < 1.29 is 24.5 Å². The number of hydrogen-bond acceptors (Lipinski definition) is 6. The van der Waals surface area contributed by atoms with Crippen LogP contribution in [0.4, 0.5) is 5.69 Å². The number of aliphatic hydroxyl groups is 1. The van der Waals surface area contributed by atoms with Gasteiger partial charge in [-0.15, -0.1) is 0 Å². The average Bonchev–Trinajstić information content (AvgIpc) is 3.06. The number of para-hydroxylation sites is 2. The lowest BCUT2D eigenvalue weighted by atomic mass is 9.96. The topological polar surface area (TPSA) is 100.0 Å². The lowest BCUT2D eigenvalue weighted by molar-refractivity contribution is -0.132. The standard InChI is InChI=1S/C24H19ClN2O5/c1-2-32-19-12-14(9-10-16(19)25)22(29)20-21(15-6-5-11-26-13-15)27(24(31)23(20)30)17-7-3-4-8-18(17)28/h3-13,21,28-29H,2H2,1H3/b22-20-. The summed E-state index contributed by atoms with van der Waals surface area (Å²) in [6, 6.07) is 13.1. The van der Waals surface area contributed by atoms with Crippen molar-refractivity contribution in [1.82, 2.24) is 4.98 Å². The van der Waals surface area contributed by atoms with Crippen molar-refractivity contribution in [3.05, 3.63) is 88.7 Å². The summed E-state index contributed by atoms with van der Waals surface area (Å²) in [6.07, 6.45) is 3.06. The van der Waals surface area contributed by atoms with Crippen LogP contribution in [0.1, 0.15) is 24.1 Å². The Kier molecular flexibility index (Phi) is 5.83. The van der Waals surface area contributed by atoms with E-state index in [-0.39, 0.29) is 28.3 Å². The van der Waals surface area contributed by atoms with Gasteiger partial charge in [0, 0.05) is 18.0 Å². The number of carbonyl (C=O) groups excluding carboxylic acids is 2. The molecule has 1 unspecified atom stereocenters. The quantitative estimate of drug-likeness (QED) is 0.338. The van der Waals surface area contributed by atoms with Gasteiger partial charge in [-0.2, -0.15) is 0 Å². The second-order valence-electron chi connectivity index (χ2n) is 7.02. The number of ether oxygens (including phenoxy) is 1. The molecule has 0 radical (unpaired) electrons. The van der Waals surface area contributed by atoms with E-state index in [1.54, 1.807) is 43.5 Å². The molecule has 1 aromatic heterocycles. The lowest BCUT2D eigenvalue weighted by Crippen LogP contribution is -2.29. The Morgan fingerprint density at radius 3 is 2.62 bits per heavy atom. The molecule has 0 saturated carbocycles. The van der Waals surface area contributed by atoms with Crippen LogP contribution >= 0.6 is 11.6 Å². The maximum Gasteiger partial charge on any atom is 0.300 e.